The molecule has 0 aromatic carbocycles. The number of nitrogen functional groups attached to an aromatic ring is 1. The maximum absolute atomic E-state index is 12.1. The third-order valence-electron chi connectivity index (χ3n) is 2.38. The summed E-state index contributed by atoms with van der Waals surface area (Å²) in [5, 5.41) is 0. The van der Waals surface area contributed by atoms with Crippen molar-refractivity contribution in [2.45, 2.75) is 19.9 Å². The molecule has 6 heteroatoms. The highest BCUT2D eigenvalue weighted by atomic mass is 16.2. The van der Waals surface area contributed by atoms with Gasteiger partial charge in [0.1, 0.15) is 5.69 Å². The van der Waals surface area contributed by atoms with E-state index in [1.54, 1.807) is 16.8 Å². The molecule has 0 aliphatic carbocycles. The van der Waals surface area contributed by atoms with Crippen molar-refractivity contribution in [3.63, 3.8) is 0 Å². The van der Waals surface area contributed by atoms with Crippen molar-refractivity contribution >= 4 is 17.5 Å². The van der Waals surface area contributed by atoms with Gasteiger partial charge in [-0.1, -0.05) is 0 Å². The number of amides is 2. The van der Waals surface area contributed by atoms with Gasteiger partial charge in [-0.15, -0.1) is 0 Å². The van der Waals surface area contributed by atoms with Gasteiger partial charge in [-0.2, -0.15) is 0 Å². The molecule has 0 unspecified atom stereocenters. The number of nitrogens with zero attached hydrogens (tertiary/aromatic N) is 2. The molecule has 1 aromatic heterocycles. The van der Waals surface area contributed by atoms with Gasteiger partial charge in [0.2, 0.25) is 5.91 Å². The van der Waals surface area contributed by atoms with E-state index in [0.717, 1.165) is 0 Å². The normalized spacial score (nSPS) is 10.6. The highest BCUT2D eigenvalue weighted by Gasteiger charge is 2.19. The zero-order valence-electron chi connectivity index (χ0n) is 10.3. The molecule has 0 atom stereocenters. The fraction of sp³-hybridized carbons (Fsp3) is 0.455. The lowest BCUT2D eigenvalue weighted by molar-refractivity contribution is -0.118. The first-order chi connectivity index (χ1) is 7.82. The van der Waals surface area contributed by atoms with E-state index in [0.29, 0.717) is 11.4 Å². The summed E-state index contributed by atoms with van der Waals surface area (Å²) in [6.45, 7) is 3.79. The van der Waals surface area contributed by atoms with Crippen LogP contribution in [0.1, 0.15) is 30.4 Å². The zero-order chi connectivity index (χ0) is 13.2. The second kappa shape index (κ2) is 4.90. The van der Waals surface area contributed by atoms with Crippen LogP contribution in [0.3, 0.4) is 0 Å². The van der Waals surface area contributed by atoms with Gasteiger partial charge < -0.3 is 20.9 Å². The van der Waals surface area contributed by atoms with Crippen LogP contribution in [0.4, 0.5) is 5.69 Å². The van der Waals surface area contributed by atoms with Gasteiger partial charge in [-0.05, 0) is 19.9 Å². The highest BCUT2D eigenvalue weighted by Crippen LogP contribution is 2.17. The third-order valence-corrected chi connectivity index (χ3v) is 2.38. The molecule has 0 bridgehead atoms. The van der Waals surface area contributed by atoms with E-state index < -0.39 is 5.91 Å². The van der Waals surface area contributed by atoms with E-state index in [1.165, 1.54) is 11.9 Å². The van der Waals surface area contributed by atoms with Gasteiger partial charge in [-0.25, -0.2) is 0 Å². The molecule has 0 aliphatic heterocycles. The standard InChI is InChI=1S/C11H18N4O2/c1-7(2)15-5-8(12)4-9(15)11(17)14(3)6-10(13)16/h4-5,7H,6,12H2,1-3H3,(H2,13,16). The smallest absolute Gasteiger partial charge is 0.270 e. The molecule has 0 aliphatic rings. The molecule has 1 aromatic rings. The average Bonchev–Trinajstić information content (AvgIpc) is 2.58. The van der Waals surface area contributed by atoms with Crippen LogP contribution in [-0.4, -0.2) is 34.9 Å². The van der Waals surface area contributed by atoms with Gasteiger partial charge >= 0.3 is 0 Å². The van der Waals surface area contributed by atoms with Crippen LogP contribution in [0, 0.1) is 0 Å². The molecule has 94 valence electrons. The first-order valence-corrected chi connectivity index (χ1v) is 5.34. The van der Waals surface area contributed by atoms with Crippen molar-refractivity contribution in [2.24, 2.45) is 5.73 Å². The zero-order valence-corrected chi connectivity index (χ0v) is 10.3. The number of likely N-dealkylation sites (N-methyl/N-ethyl adjacent to an activating group) is 1. The molecule has 1 heterocycles. The number of nitrogens with two attached hydrogens (primary N) is 2. The Balaban J connectivity index is 2.99. The van der Waals surface area contributed by atoms with Crippen LogP contribution in [0.5, 0.6) is 0 Å². The average molecular weight is 238 g/mol. The Hall–Kier alpha value is -1.98. The van der Waals surface area contributed by atoms with E-state index in [1.807, 2.05) is 13.8 Å². The summed E-state index contributed by atoms with van der Waals surface area (Å²) >= 11 is 0. The lowest BCUT2D eigenvalue weighted by Crippen LogP contribution is -2.36. The van der Waals surface area contributed by atoms with Crippen molar-refractivity contribution < 1.29 is 9.59 Å². The molecule has 6 nitrogen and oxygen atoms in total. The van der Waals surface area contributed by atoms with Crippen LogP contribution in [-0.2, 0) is 4.79 Å². The van der Waals surface area contributed by atoms with Gasteiger partial charge in [-0.3, -0.25) is 9.59 Å². The van der Waals surface area contributed by atoms with Crippen molar-refractivity contribution in [3.05, 3.63) is 18.0 Å². The number of carbonyl (C=O) groups is 2. The summed E-state index contributed by atoms with van der Waals surface area (Å²) in [4.78, 5) is 24.1. The van der Waals surface area contributed by atoms with E-state index >= 15 is 0 Å². The minimum atomic E-state index is -0.545. The number of rotatable bonds is 4. The SMILES string of the molecule is CC(C)n1cc(N)cc1C(=O)N(C)CC(N)=O. The molecular weight excluding hydrogens is 220 g/mol. The van der Waals surface area contributed by atoms with Crippen LogP contribution >= 0.6 is 0 Å². The molecule has 2 amide bonds. The van der Waals surface area contributed by atoms with E-state index in [-0.39, 0.29) is 18.5 Å². The fourth-order valence-corrected chi connectivity index (χ4v) is 1.60. The van der Waals surface area contributed by atoms with Gasteiger partial charge in [0.25, 0.3) is 5.91 Å². The third kappa shape index (κ3) is 2.99. The molecule has 0 fully saturated rings. The minimum absolute atomic E-state index is 0.109. The highest BCUT2D eigenvalue weighted by molar-refractivity contribution is 5.95. The van der Waals surface area contributed by atoms with Crippen molar-refractivity contribution in [1.29, 1.82) is 0 Å². The Morgan fingerprint density at radius 3 is 2.53 bits per heavy atom. The first kappa shape index (κ1) is 13.1. The summed E-state index contributed by atoms with van der Waals surface area (Å²) in [6.07, 6.45) is 1.70. The number of carbonyl (C=O) groups excluding carboxylic acids is 2. The first-order valence-electron chi connectivity index (χ1n) is 5.34. The minimum Gasteiger partial charge on any atom is -0.397 e. The van der Waals surface area contributed by atoms with Crippen molar-refractivity contribution in [1.82, 2.24) is 9.47 Å². The van der Waals surface area contributed by atoms with E-state index in [9.17, 15) is 9.59 Å². The van der Waals surface area contributed by atoms with Gasteiger partial charge in [0, 0.05) is 19.3 Å². The van der Waals surface area contributed by atoms with Crippen molar-refractivity contribution in [2.75, 3.05) is 19.3 Å². The maximum atomic E-state index is 12.1. The molecule has 0 saturated heterocycles. The van der Waals surface area contributed by atoms with Crippen molar-refractivity contribution in [3.8, 4) is 0 Å². The summed E-state index contributed by atoms with van der Waals surface area (Å²) in [5.74, 6) is -0.814. The lowest BCUT2D eigenvalue weighted by atomic mass is 10.3. The molecule has 4 N–H and O–H groups in total. The quantitative estimate of drug-likeness (QED) is 0.785. The molecule has 0 spiro atoms. The lowest BCUT2D eigenvalue weighted by Gasteiger charge is -2.18. The summed E-state index contributed by atoms with van der Waals surface area (Å²) < 4.78 is 1.77. The Kier molecular flexibility index (Phi) is 3.77. The Morgan fingerprint density at radius 2 is 2.06 bits per heavy atom. The number of primary amides is 1. The monoisotopic (exact) mass is 238 g/mol. The molecule has 1 rings (SSSR count). The molecule has 0 saturated carbocycles. The van der Waals surface area contributed by atoms with Crippen LogP contribution in [0.2, 0.25) is 0 Å². The summed E-state index contributed by atoms with van der Waals surface area (Å²) in [7, 11) is 1.53. The molecule has 17 heavy (non-hydrogen) atoms. The Labute approximate surface area is 100 Å². The van der Waals surface area contributed by atoms with Crippen LogP contribution in [0.15, 0.2) is 12.3 Å². The fourth-order valence-electron chi connectivity index (χ4n) is 1.60. The molecular formula is C11H18N4O2. The Bertz CT molecular complexity index is 437. The predicted molar refractivity (Wildman–Crippen MR) is 65.4 cm³/mol. The number of anilines is 1. The van der Waals surface area contributed by atoms with Crippen LogP contribution < -0.4 is 11.5 Å². The number of aromatic nitrogens is 1. The summed E-state index contributed by atoms with van der Waals surface area (Å²) in [6, 6.07) is 1.72. The maximum Gasteiger partial charge on any atom is 0.270 e. The van der Waals surface area contributed by atoms with Gasteiger partial charge in [0.05, 0.1) is 12.2 Å². The second-order valence-corrected chi connectivity index (χ2v) is 4.29. The predicted octanol–water partition coefficient (Wildman–Crippen LogP) is 0.209. The van der Waals surface area contributed by atoms with E-state index in [2.05, 4.69) is 0 Å². The van der Waals surface area contributed by atoms with Crippen LogP contribution in [0.25, 0.3) is 0 Å². The largest absolute Gasteiger partial charge is 0.397 e. The second-order valence-electron chi connectivity index (χ2n) is 4.29. The topological polar surface area (TPSA) is 94.3 Å². The van der Waals surface area contributed by atoms with E-state index in [4.69, 9.17) is 11.5 Å². The molecule has 0 radical (unpaired) electrons. The number of hydrogen-bond acceptors (Lipinski definition) is 3. The summed E-state index contributed by atoms with van der Waals surface area (Å²) in [5.41, 5.74) is 11.7. The van der Waals surface area contributed by atoms with Gasteiger partial charge in [0.15, 0.2) is 0 Å². The Morgan fingerprint density at radius 1 is 1.47 bits per heavy atom. The number of hydrogen-bond donors (Lipinski definition) is 2.